The maximum absolute atomic E-state index is 5.41. The molecule has 1 unspecified atom stereocenters. The molecule has 1 atom stereocenters. The molecular weight excluding hydrogens is 234 g/mol. The summed E-state index contributed by atoms with van der Waals surface area (Å²) in [6, 6.07) is 0.556. The molecule has 0 bridgehead atoms. The quantitative estimate of drug-likeness (QED) is 0.807. The Labute approximate surface area is 106 Å². The molecule has 2 N–H and O–H groups in total. The van der Waals surface area contributed by atoms with Gasteiger partial charge in [-0.3, -0.25) is 0 Å². The van der Waals surface area contributed by atoms with E-state index in [1.807, 2.05) is 6.92 Å². The molecule has 1 fully saturated rings. The maximum Gasteiger partial charge on any atom is 0.322 e. The highest BCUT2D eigenvalue weighted by molar-refractivity contribution is 5.36. The van der Waals surface area contributed by atoms with Crippen molar-refractivity contribution in [1.82, 2.24) is 15.0 Å². The van der Waals surface area contributed by atoms with Crippen molar-refractivity contribution in [1.29, 1.82) is 0 Å². The van der Waals surface area contributed by atoms with Gasteiger partial charge in [-0.25, -0.2) is 0 Å². The Morgan fingerprint density at radius 2 is 2.17 bits per heavy atom. The van der Waals surface area contributed by atoms with Crippen LogP contribution < -0.4 is 15.4 Å². The zero-order valence-electron chi connectivity index (χ0n) is 10.8. The lowest BCUT2D eigenvalue weighted by atomic mass is 10.1. The SMILES string of the molecule is CCNc1nc(NC2CCCOC2)nc(OC)n1. The zero-order valence-corrected chi connectivity index (χ0v) is 10.8. The first-order valence-electron chi connectivity index (χ1n) is 6.20. The highest BCUT2D eigenvalue weighted by atomic mass is 16.5. The topological polar surface area (TPSA) is 81.2 Å². The third-order valence-electron chi connectivity index (χ3n) is 2.63. The van der Waals surface area contributed by atoms with Crippen LogP contribution in [0.2, 0.25) is 0 Å². The highest BCUT2D eigenvalue weighted by Crippen LogP contribution is 2.14. The number of rotatable bonds is 5. The summed E-state index contributed by atoms with van der Waals surface area (Å²) in [4.78, 5) is 12.6. The van der Waals surface area contributed by atoms with Crippen LogP contribution in [0.1, 0.15) is 19.8 Å². The number of nitrogens with zero attached hydrogens (tertiary/aromatic N) is 3. The van der Waals surface area contributed by atoms with E-state index in [9.17, 15) is 0 Å². The van der Waals surface area contributed by atoms with Gasteiger partial charge in [0.2, 0.25) is 11.9 Å². The van der Waals surface area contributed by atoms with Gasteiger partial charge < -0.3 is 20.1 Å². The Morgan fingerprint density at radius 1 is 1.33 bits per heavy atom. The standard InChI is InChI=1S/C11H19N5O2/c1-3-12-9-14-10(16-11(15-9)17-2)13-8-5-4-6-18-7-8/h8H,3-7H2,1-2H3,(H2,12,13,14,15,16). The second-order valence-electron chi connectivity index (χ2n) is 4.06. The lowest BCUT2D eigenvalue weighted by molar-refractivity contribution is 0.0873. The molecule has 0 saturated carbocycles. The van der Waals surface area contributed by atoms with Crippen molar-refractivity contribution in [2.75, 3.05) is 37.5 Å². The number of nitrogens with one attached hydrogen (secondary N) is 2. The van der Waals surface area contributed by atoms with E-state index >= 15 is 0 Å². The van der Waals surface area contributed by atoms with E-state index in [1.165, 1.54) is 0 Å². The second kappa shape index (κ2) is 6.34. The van der Waals surface area contributed by atoms with E-state index in [0.717, 1.165) is 26.0 Å². The predicted molar refractivity (Wildman–Crippen MR) is 68.0 cm³/mol. The van der Waals surface area contributed by atoms with Gasteiger partial charge in [0.1, 0.15) is 0 Å². The number of hydrogen-bond donors (Lipinski definition) is 2. The minimum Gasteiger partial charge on any atom is -0.467 e. The Bertz CT molecular complexity index is 382. The largest absolute Gasteiger partial charge is 0.467 e. The number of aromatic nitrogens is 3. The summed E-state index contributed by atoms with van der Waals surface area (Å²) in [5, 5.41) is 6.29. The fourth-order valence-electron chi connectivity index (χ4n) is 1.79. The fraction of sp³-hybridized carbons (Fsp3) is 0.727. The Kier molecular flexibility index (Phi) is 4.52. The minimum atomic E-state index is 0.250. The molecule has 2 rings (SSSR count). The van der Waals surface area contributed by atoms with Gasteiger partial charge in [0.15, 0.2) is 0 Å². The average Bonchev–Trinajstić information content (AvgIpc) is 2.40. The molecule has 1 aliphatic heterocycles. The van der Waals surface area contributed by atoms with E-state index in [2.05, 4.69) is 25.6 Å². The summed E-state index contributed by atoms with van der Waals surface area (Å²) < 4.78 is 10.5. The van der Waals surface area contributed by atoms with Crippen LogP contribution in [0, 0.1) is 0 Å². The number of anilines is 2. The number of methoxy groups -OCH3 is 1. The fourth-order valence-corrected chi connectivity index (χ4v) is 1.79. The van der Waals surface area contributed by atoms with E-state index in [-0.39, 0.29) is 6.04 Å². The van der Waals surface area contributed by atoms with Crippen LogP contribution in [0.4, 0.5) is 11.9 Å². The van der Waals surface area contributed by atoms with Crippen LogP contribution in [0.25, 0.3) is 0 Å². The normalized spacial score (nSPS) is 19.3. The first-order chi connectivity index (χ1) is 8.81. The van der Waals surface area contributed by atoms with Crippen molar-refractivity contribution in [3.8, 4) is 6.01 Å². The van der Waals surface area contributed by atoms with E-state index in [1.54, 1.807) is 7.11 Å². The van der Waals surface area contributed by atoms with Crippen molar-refractivity contribution < 1.29 is 9.47 Å². The zero-order chi connectivity index (χ0) is 12.8. The van der Waals surface area contributed by atoms with Crippen LogP contribution >= 0.6 is 0 Å². The smallest absolute Gasteiger partial charge is 0.322 e. The molecule has 0 amide bonds. The molecule has 1 aromatic heterocycles. The second-order valence-corrected chi connectivity index (χ2v) is 4.06. The molecule has 0 aliphatic carbocycles. The number of ether oxygens (including phenoxy) is 2. The van der Waals surface area contributed by atoms with Gasteiger partial charge in [-0.1, -0.05) is 0 Å². The molecule has 0 aromatic carbocycles. The van der Waals surface area contributed by atoms with Gasteiger partial charge in [0.25, 0.3) is 0 Å². The van der Waals surface area contributed by atoms with Crippen molar-refractivity contribution in [3.05, 3.63) is 0 Å². The summed E-state index contributed by atoms with van der Waals surface area (Å²) >= 11 is 0. The van der Waals surface area contributed by atoms with E-state index in [0.29, 0.717) is 24.5 Å². The first kappa shape index (κ1) is 12.8. The maximum atomic E-state index is 5.41. The molecule has 1 saturated heterocycles. The van der Waals surface area contributed by atoms with Crippen molar-refractivity contribution in [2.45, 2.75) is 25.8 Å². The van der Waals surface area contributed by atoms with Crippen molar-refractivity contribution in [2.24, 2.45) is 0 Å². The Morgan fingerprint density at radius 3 is 2.83 bits per heavy atom. The van der Waals surface area contributed by atoms with Crippen LogP contribution in [0.3, 0.4) is 0 Å². The molecule has 0 radical (unpaired) electrons. The molecule has 2 heterocycles. The van der Waals surface area contributed by atoms with Gasteiger partial charge in [0.05, 0.1) is 19.8 Å². The van der Waals surface area contributed by atoms with Gasteiger partial charge in [-0.2, -0.15) is 15.0 Å². The van der Waals surface area contributed by atoms with Gasteiger partial charge in [-0.05, 0) is 19.8 Å². The first-order valence-corrected chi connectivity index (χ1v) is 6.20. The molecule has 100 valence electrons. The van der Waals surface area contributed by atoms with E-state index in [4.69, 9.17) is 9.47 Å². The van der Waals surface area contributed by atoms with Crippen LogP contribution in [-0.2, 0) is 4.74 Å². The molecule has 18 heavy (non-hydrogen) atoms. The molecule has 7 nitrogen and oxygen atoms in total. The molecule has 7 heteroatoms. The third-order valence-corrected chi connectivity index (χ3v) is 2.63. The minimum absolute atomic E-state index is 0.250. The summed E-state index contributed by atoms with van der Waals surface area (Å²) in [5.74, 6) is 1.04. The predicted octanol–water partition coefficient (Wildman–Crippen LogP) is 0.903. The summed E-state index contributed by atoms with van der Waals surface area (Å²) in [7, 11) is 1.54. The van der Waals surface area contributed by atoms with Crippen LogP contribution in [-0.4, -0.2) is 47.9 Å². The Balaban J connectivity index is 2.07. The van der Waals surface area contributed by atoms with Crippen LogP contribution in [0.15, 0.2) is 0 Å². The molecule has 1 aliphatic rings. The van der Waals surface area contributed by atoms with Crippen LogP contribution in [0.5, 0.6) is 6.01 Å². The summed E-state index contributed by atoms with van der Waals surface area (Å²) in [6.07, 6.45) is 2.12. The lowest BCUT2D eigenvalue weighted by Crippen LogP contribution is -2.31. The van der Waals surface area contributed by atoms with E-state index < -0.39 is 0 Å². The van der Waals surface area contributed by atoms with Crippen molar-refractivity contribution in [3.63, 3.8) is 0 Å². The monoisotopic (exact) mass is 253 g/mol. The molecular formula is C11H19N5O2. The lowest BCUT2D eigenvalue weighted by Gasteiger charge is -2.23. The Hall–Kier alpha value is -1.63. The number of hydrogen-bond acceptors (Lipinski definition) is 7. The van der Waals surface area contributed by atoms with Gasteiger partial charge in [-0.15, -0.1) is 0 Å². The summed E-state index contributed by atoms with van der Waals surface area (Å²) in [5.41, 5.74) is 0. The molecule has 1 aromatic rings. The van der Waals surface area contributed by atoms with Crippen molar-refractivity contribution >= 4 is 11.9 Å². The highest BCUT2D eigenvalue weighted by Gasteiger charge is 2.16. The van der Waals surface area contributed by atoms with Gasteiger partial charge >= 0.3 is 6.01 Å². The third kappa shape index (κ3) is 3.43. The molecule has 0 spiro atoms. The van der Waals surface area contributed by atoms with Gasteiger partial charge in [0, 0.05) is 13.2 Å². The summed E-state index contributed by atoms with van der Waals surface area (Å²) in [6.45, 7) is 4.25. The average molecular weight is 253 g/mol.